The monoisotopic (exact) mass is 576 g/mol. The number of halogens is 1. The van der Waals surface area contributed by atoms with E-state index >= 15 is 0 Å². The maximum Gasteiger partial charge on any atom is 0.340 e. The van der Waals surface area contributed by atoms with E-state index in [0.717, 1.165) is 15.7 Å². The third kappa shape index (κ3) is 4.05. The first-order valence-electron chi connectivity index (χ1n) is 13.2. The molecule has 0 fully saturated rings. The molecule has 0 radical (unpaired) electrons. The van der Waals surface area contributed by atoms with E-state index in [1.165, 1.54) is 16.5 Å². The lowest BCUT2D eigenvalue weighted by molar-refractivity contribution is 0.0785. The van der Waals surface area contributed by atoms with Gasteiger partial charge in [-0.1, -0.05) is 41.9 Å². The van der Waals surface area contributed by atoms with Gasteiger partial charge in [0.15, 0.2) is 0 Å². The summed E-state index contributed by atoms with van der Waals surface area (Å²) in [5.41, 5.74) is 10.3. The van der Waals surface area contributed by atoms with Crippen molar-refractivity contribution in [2.24, 2.45) is 5.73 Å². The molecular weight excluding hydrogens is 552 g/mol. The predicted octanol–water partition coefficient (Wildman–Crippen LogP) is 4.85. The number of benzene rings is 3. The van der Waals surface area contributed by atoms with Crippen LogP contribution in [0.1, 0.15) is 52.0 Å². The second-order valence-corrected chi connectivity index (χ2v) is 11.4. The minimum atomic E-state index is -1.08. The van der Waals surface area contributed by atoms with Crippen molar-refractivity contribution in [1.82, 2.24) is 8.97 Å². The van der Waals surface area contributed by atoms with Crippen molar-refractivity contribution in [2.45, 2.75) is 32.8 Å². The SMILES string of the molecule is Cc1c(-c2c(C#N)cc(C(N)=O)c3c2-c2ccc(C(C)(C)O)cc2C3)cccc1-n1c(=O)cc2c(Cl)cccn2c1=O. The normalized spacial score (nSPS) is 12.2. The molecule has 42 heavy (non-hydrogen) atoms. The number of carbonyl (C=O) groups is 1. The van der Waals surface area contributed by atoms with E-state index < -0.39 is 22.8 Å². The Hall–Kier alpha value is -4.97. The average molecular weight is 577 g/mol. The molecule has 0 spiro atoms. The summed E-state index contributed by atoms with van der Waals surface area (Å²) >= 11 is 6.25. The zero-order valence-electron chi connectivity index (χ0n) is 23.0. The Morgan fingerprint density at radius 2 is 1.81 bits per heavy atom. The summed E-state index contributed by atoms with van der Waals surface area (Å²) in [5, 5.41) is 21.2. The molecule has 0 atom stereocenters. The molecule has 1 aliphatic rings. The number of amides is 1. The fourth-order valence-electron chi connectivity index (χ4n) is 5.89. The number of aromatic nitrogens is 2. The van der Waals surface area contributed by atoms with Crippen molar-refractivity contribution < 1.29 is 9.90 Å². The maximum absolute atomic E-state index is 13.6. The number of primary amides is 1. The molecule has 0 saturated carbocycles. The number of hydrogen-bond donors (Lipinski definition) is 2. The van der Waals surface area contributed by atoms with Gasteiger partial charge in [-0.15, -0.1) is 0 Å². The second kappa shape index (κ2) is 9.55. The van der Waals surface area contributed by atoms with Crippen LogP contribution in [0.4, 0.5) is 0 Å². The summed E-state index contributed by atoms with van der Waals surface area (Å²) in [5.74, 6) is -0.648. The van der Waals surface area contributed by atoms with Gasteiger partial charge in [-0.05, 0) is 90.4 Å². The van der Waals surface area contributed by atoms with Gasteiger partial charge < -0.3 is 10.8 Å². The van der Waals surface area contributed by atoms with Crippen molar-refractivity contribution in [3.05, 3.63) is 126 Å². The molecule has 0 bridgehead atoms. The highest BCUT2D eigenvalue weighted by atomic mass is 35.5. The average Bonchev–Trinajstić information content (AvgIpc) is 3.32. The molecule has 2 aromatic heterocycles. The number of nitrogens with zero attached hydrogens (tertiary/aromatic N) is 3. The summed E-state index contributed by atoms with van der Waals surface area (Å²) < 4.78 is 2.39. The smallest absolute Gasteiger partial charge is 0.340 e. The summed E-state index contributed by atoms with van der Waals surface area (Å²) in [6, 6.07) is 19.1. The lowest BCUT2D eigenvalue weighted by Gasteiger charge is -2.20. The van der Waals surface area contributed by atoms with E-state index in [0.29, 0.717) is 51.0 Å². The van der Waals surface area contributed by atoms with Crippen LogP contribution in [-0.2, 0) is 12.0 Å². The van der Waals surface area contributed by atoms with Gasteiger partial charge in [0.2, 0.25) is 5.91 Å². The molecule has 3 aromatic carbocycles. The highest BCUT2D eigenvalue weighted by Gasteiger charge is 2.31. The molecule has 2 heterocycles. The summed E-state index contributed by atoms with van der Waals surface area (Å²) in [4.78, 5) is 39.4. The van der Waals surface area contributed by atoms with Crippen LogP contribution in [0, 0.1) is 18.3 Å². The van der Waals surface area contributed by atoms with E-state index in [1.807, 2.05) is 24.3 Å². The van der Waals surface area contributed by atoms with Gasteiger partial charge in [-0.25, -0.2) is 9.36 Å². The molecule has 0 aliphatic heterocycles. The minimum absolute atomic E-state index is 0.233. The van der Waals surface area contributed by atoms with Crippen LogP contribution in [0.3, 0.4) is 0 Å². The minimum Gasteiger partial charge on any atom is -0.386 e. The zero-order chi connectivity index (χ0) is 30.1. The first-order valence-corrected chi connectivity index (χ1v) is 13.6. The van der Waals surface area contributed by atoms with Gasteiger partial charge >= 0.3 is 5.69 Å². The summed E-state index contributed by atoms with van der Waals surface area (Å²) in [6.07, 6.45) is 1.93. The second-order valence-electron chi connectivity index (χ2n) is 10.9. The number of pyridine rings is 1. The summed E-state index contributed by atoms with van der Waals surface area (Å²) in [7, 11) is 0. The van der Waals surface area contributed by atoms with Crippen LogP contribution >= 0.6 is 11.6 Å². The number of hydrogen-bond acceptors (Lipinski definition) is 5. The Labute approximate surface area is 245 Å². The highest BCUT2D eigenvalue weighted by molar-refractivity contribution is 6.33. The third-order valence-corrected chi connectivity index (χ3v) is 8.26. The zero-order valence-corrected chi connectivity index (χ0v) is 23.8. The van der Waals surface area contributed by atoms with Crippen LogP contribution in [0.25, 0.3) is 33.5 Å². The first kappa shape index (κ1) is 27.2. The van der Waals surface area contributed by atoms with Gasteiger partial charge in [0, 0.05) is 23.4 Å². The number of aliphatic hydroxyl groups is 1. The van der Waals surface area contributed by atoms with Gasteiger partial charge in [-0.3, -0.25) is 14.0 Å². The lowest BCUT2D eigenvalue weighted by Crippen LogP contribution is -2.36. The lowest BCUT2D eigenvalue weighted by atomic mass is 9.85. The predicted molar refractivity (Wildman–Crippen MR) is 161 cm³/mol. The Bertz CT molecular complexity index is 2160. The van der Waals surface area contributed by atoms with Crippen LogP contribution in [0.15, 0.2) is 76.4 Å². The number of nitriles is 1. The van der Waals surface area contributed by atoms with E-state index in [4.69, 9.17) is 17.3 Å². The first-order chi connectivity index (χ1) is 19.9. The van der Waals surface area contributed by atoms with Crippen molar-refractivity contribution in [3.63, 3.8) is 0 Å². The molecule has 0 saturated heterocycles. The Kier molecular flexibility index (Phi) is 6.19. The topological polar surface area (TPSA) is 131 Å². The highest BCUT2D eigenvalue weighted by Crippen LogP contribution is 2.48. The van der Waals surface area contributed by atoms with E-state index in [1.54, 1.807) is 51.2 Å². The number of fused-ring (bicyclic) bond motifs is 4. The third-order valence-electron chi connectivity index (χ3n) is 7.94. The number of carbonyl (C=O) groups excluding carboxylic acids is 1. The van der Waals surface area contributed by atoms with Gasteiger partial charge in [0.25, 0.3) is 5.56 Å². The fourth-order valence-corrected chi connectivity index (χ4v) is 6.11. The summed E-state index contributed by atoms with van der Waals surface area (Å²) in [6.45, 7) is 5.18. The van der Waals surface area contributed by atoms with Crippen LogP contribution in [0.2, 0.25) is 5.02 Å². The fraction of sp³-hybridized carbons (Fsp3) is 0.152. The number of rotatable bonds is 4. The quantitative estimate of drug-likeness (QED) is 0.310. The van der Waals surface area contributed by atoms with Crippen LogP contribution in [-0.4, -0.2) is 20.0 Å². The van der Waals surface area contributed by atoms with E-state index in [-0.39, 0.29) is 16.1 Å². The van der Waals surface area contributed by atoms with Crippen LogP contribution in [0.5, 0.6) is 0 Å². The van der Waals surface area contributed by atoms with Crippen molar-refractivity contribution in [1.29, 1.82) is 5.26 Å². The van der Waals surface area contributed by atoms with Gasteiger partial charge in [-0.2, -0.15) is 5.26 Å². The molecule has 6 rings (SSSR count). The molecular formula is C33H25ClN4O4. The molecule has 5 aromatic rings. The van der Waals surface area contributed by atoms with E-state index in [9.17, 15) is 24.8 Å². The van der Waals surface area contributed by atoms with E-state index in [2.05, 4.69) is 6.07 Å². The molecule has 0 unspecified atom stereocenters. The largest absolute Gasteiger partial charge is 0.386 e. The standard InChI is InChI=1S/C33H25ClN4O4/c1-17-21(6-4-8-26(17)38-28(39)15-27-25(34)7-5-11-37(27)32(38)41)29-19(16-35)14-24(31(36)40)23-13-18-12-20(33(2,3)42)9-10-22(18)30(23)29/h4-12,14-15,42H,13H2,1-3H3,(H2,36,40). The van der Waals surface area contributed by atoms with Crippen LogP contribution < -0.4 is 17.0 Å². The molecule has 8 nitrogen and oxygen atoms in total. The molecule has 1 amide bonds. The Morgan fingerprint density at radius 1 is 1.05 bits per heavy atom. The molecule has 9 heteroatoms. The molecule has 208 valence electrons. The van der Waals surface area contributed by atoms with Crippen molar-refractivity contribution in [3.8, 4) is 34.0 Å². The Morgan fingerprint density at radius 3 is 2.50 bits per heavy atom. The van der Waals surface area contributed by atoms with Crippen molar-refractivity contribution in [2.75, 3.05) is 0 Å². The van der Waals surface area contributed by atoms with Crippen molar-refractivity contribution >= 4 is 23.0 Å². The van der Waals surface area contributed by atoms with Gasteiger partial charge in [0.1, 0.15) is 0 Å². The van der Waals surface area contributed by atoms with Gasteiger partial charge in [0.05, 0.1) is 33.5 Å². The maximum atomic E-state index is 13.6. The molecule has 3 N–H and O–H groups in total. The number of nitrogens with two attached hydrogens (primary N) is 1. The Balaban J connectivity index is 1.67. The molecule has 1 aliphatic carbocycles.